The molecule has 3 amide bonds. The Bertz CT molecular complexity index is 870. The van der Waals surface area contributed by atoms with Crippen molar-refractivity contribution >= 4 is 23.5 Å². The van der Waals surface area contributed by atoms with Crippen LogP contribution in [-0.4, -0.2) is 16.8 Å². The molecule has 1 aliphatic heterocycles. The fourth-order valence-electron chi connectivity index (χ4n) is 2.75. The number of benzene rings is 2. The number of carbonyl (C=O) groups excluding carboxylic acids is 2. The van der Waals surface area contributed by atoms with Crippen molar-refractivity contribution in [2.45, 2.75) is 19.0 Å². The molecule has 0 aliphatic carbocycles. The van der Waals surface area contributed by atoms with Gasteiger partial charge in [0.1, 0.15) is 23.0 Å². The number of amides is 3. The Morgan fingerprint density at radius 1 is 1.12 bits per heavy atom. The van der Waals surface area contributed by atoms with Gasteiger partial charge in [-0.1, -0.05) is 17.7 Å². The molecule has 0 bridgehead atoms. The molecule has 0 saturated carbocycles. The molecule has 0 aromatic heterocycles. The maximum absolute atomic E-state index is 14.1. The van der Waals surface area contributed by atoms with Gasteiger partial charge in [-0.2, -0.15) is 0 Å². The second kappa shape index (κ2) is 6.07. The van der Waals surface area contributed by atoms with Crippen LogP contribution in [0.15, 0.2) is 36.4 Å². The van der Waals surface area contributed by atoms with Gasteiger partial charge in [0.2, 0.25) is 0 Å². The number of rotatable bonds is 3. The number of nitrogens with one attached hydrogen (secondary N) is 1. The van der Waals surface area contributed by atoms with E-state index in [1.54, 1.807) is 0 Å². The summed E-state index contributed by atoms with van der Waals surface area (Å²) in [5.74, 6) is -3.11. The summed E-state index contributed by atoms with van der Waals surface area (Å²) in [5.41, 5.74) is -2.16. The van der Waals surface area contributed by atoms with E-state index >= 15 is 0 Å². The van der Waals surface area contributed by atoms with E-state index in [4.69, 9.17) is 11.6 Å². The van der Waals surface area contributed by atoms with Crippen molar-refractivity contribution in [3.63, 3.8) is 0 Å². The molecular weight excluding hydrogens is 357 g/mol. The van der Waals surface area contributed by atoms with Crippen LogP contribution in [-0.2, 0) is 16.9 Å². The summed E-state index contributed by atoms with van der Waals surface area (Å²) in [5, 5.41) is 2.39. The lowest BCUT2D eigenvalue weighted by atomic mass is 9.91. The molecule has 1 fully saturated rings. The number of imide groups is 1. The zero-order valence-corrected chi connectivity index (χ0v) is 13.7. The lowest BCUT2D eigenvalue weighted by Crippen LogP contribution is -2.41. The predicted octanol–water partition coefficient (Wildman–Crippen LogP) is 3.72. The summed E-state index contributed by atoms with van der Waals surface area (Å²) in [6, 6.07) is 5.71. The highest BCUT2D eigenvalue weighted by atomic mass is 35.5. The van der Waals surface area contributed by atoms with Crippen molar-refractivity contribution in [2.75, 3.05) is 0 Å². The Morgan fingerprint density at radius 3 is 2.52 bits per heavy atom. The molecule has 25 heavy (non-hydrogen) atoms. The average Bonchev–Trinajstić information content (AvgIpc) is 2.77. The Labute approximate surface area is 146 Å². The molecular formula is C17H12ClF3N2O2. The van der Waals surface area contributed by atoms with Crippen molar-refractivity contribution in [3.05, 3.63) is 70.0 Å². The van der Waals surface area contributed by atoms with Gasteiger partial charge in [0.15, 0.2) is 0 Å². The lowest BCUT2D eigenvalue weighted by molar-refractivity contribution is -0.131. The molecule has 0 radical (unpaired) electrons. The van der Waals surface area contributed by atoms with Gasteiger partial charge in [-0.25, -0.2) is 18.0 Å². The fraction of sp³-hybridized carbons (Fsp3) is 0.176. The van der Waals surface area contributed by atoms with Crippen LogP contribution in [0.5, 0.6) is 0 Å². The third-order valence-corrected chi connectivity index (χ3v) is 4.47. The summed E-state index contributed by atoms with van der Waals surface area (Å²) in [7, 11) is 0. The first-order chi connectivity index (χ1) is 11.7. The third kappa shape index (κ3) is 2.84. The quantitative estimate of drug-likeness (QED) is 0.839. The van der Waals surface area contributed by atoms with Crippen LogP contribution in [0.2, 0.25) is 5.02 Å². The molecule has 130 valence electrons. The highest BCUT2D eigenvalue weighted by Crippen LogP contribution is 2.33. The van der Waals surface area contributed by atoms with Crippen molar-refractivity contribution in [1.29, 1.82) is 0 Å². The number of nitrogens with zero attached hydrogens (tertiary/aromatic N) is 1. The highest BCUT2D eigenvalue weighted by molar-refractivity contribution is 6.31. The first-order valence-electron chi connectivity index (χ1n) is 7.26. The van der Waals surface area contributed by atoms with Crippen molar-refractivity contribution < 1.29 is 22.8 Å². The Balaban J connectivity index is 1.99. The minimum atomic E-state index is -1.80. The van der Waals surface area contributed by atoms with Crippen molar-refractivity contribution in [1.82, 2.24) is 10.2 Å². The molecule has 3 rings (SSSR count). The van der Waals surface area contributed by atoms with E-state index in [0.717, 1.165) is 24.3 Å². The zero-order chi connectivity index (χ0) is 18.4. The van der Waals surface area contributed by atoms with E-state index in [2.05, 4.69) is 5.32 Å². The zero-order valence-electron chi connectivity index (χ0n) is 12.9. The van der Waals surface area contributed by atoms with Gasteiger partial charge in [-0.3, -0.25) is 9.69 Å². The molecule has 1 N–H and O–H groups in total. The average molecular weight is 369 g/mol. The molecule has 2 aromatic carbocycles. The van der Waals surface area contributed by atoms with Crippen LogP contribution in [0.3, 0.4) is 0 Å². The van der Waals surface area contributed by atoms with Crippen LogP contribution in [0.4, 0.5) is 18.0 Å². The van der Waals surface area contributed by atoms with Gasteiger partial charge in [0.25, 0.3) is 5.91 Å². The van der Waals surface area contributed by atoms with Gasteiger partial charge in [-0.15, -0.1) is 0 Å². The maximum Gasteiger partial charge on any atom is 0.325 e. The van der Waals surface area contributed by atoms with Crippen LogP contribution in [0.1, 0.15) is 18.1 Å². The first kappa shape index (κ1) is 17.3. The standard InChI is InChI=1S/C17H12ClF3N2O2/c1-17(11-7-9(19)5-6-14(11)21)15(24)23(16(25)22-17)8-10-12(18)3-2-4-13(10)20/h2-7H,8H2,1H3,(H,22,25). The van der Waals surface area contributed by atoms with E-state index in [0.29, 0.717) is 4.90 Å². The Kier molecular flexibility index (Phi) is 4.20. The Hall–Kier alpha value is -2.54. The first-order valence-corrected chi connectivity index (χ1v) is 7.64. The topological polar surface area (TPSA) is 49.4 Å². The third-order valence-electron chi connectivity index (χ3n) is 4.12. The fourth-order valence-corrected chi connectivity index (χ4v) is 2.97. The number of urea groups is 1. The van der Waals surface area contributed by atoms with Gasteiger partial charge >= 0.3 is 6.03 Å². The van der Waals surface area contributed by atoms with Crippen molar-refractivity contribution in [3.8, 4) is 0 Å². The molecule has 4 nitrogen and oxygen atoms in total. The molecule has 1 atom stereocenters. The normalized spacial score (nSPS) is 20.1. The largest absolute Gasteiger partial charge is 0.325 e. The van der Waals surface area contributed by atoms with E-state index in [9.17, 15) is 22.8 Å². The minimum Gasteiger partial charge on any atom is -0.319 e. The molecule has 1 heterocycles. The smallest absolute Gasteiger partial charge is 0.319 e. The lowest BCUT2D eigenvalue weighted by Gasteiger charge is -2.23. The summed E-state index contributed by atoms with van der Waals surface area (Å²) in [6.45, 7) is 0.830. The maximum atomic E-state index is 14.1. The van der Waals surface area contributed by atoms with E-state index in [1.165, 1.54) is 19.1 Å². The van der Waals surface area contributed by atoms with E-state index in [-0.39, 0.29) is 16.1 Å². The number of hydrogen-bond acceptors (Lipinski definition) is 2. The molecule has 0 spiro atoms. The summed E-state index contributed by atoms with van der Waals surface area (Å²) in [6.07, 6.45) is 0. The highest BCUT2D eigenvalue weighted by Gasteiger charge is 2.50. The van der Waals surface area contributed by atoms with Crippen LogP contribution < -0.4 is 5.32 Å². The second-order valence-electron chi connectivity index (χ2n) is 5.77. The molecule has 1 unspecified atom stereocenters. The second-order valence-corrected chi connectivity index (χ2v) is 6.18. The monoisotopic (exact) mass is 368 g/mol. The van der Waals surface area contributed by atoms with Gasteiger partial charge in [0.05, 0.1) is 6.54 Å². The number of halogens is 4. The SMILES string of the molecule is CC1(c2cc(F)ccc2F)NC(=O)N(Cc2c(F)cccc2Cl)C1=O. The van der Waals surface area contributed by atoms with Crippen LogP contribution in [0.25, 0.3) is 0 Å². The molecule has 8 heteroatoms. The predicted molar refractivity (Wildman–Crippen MR) is 84.2 cm³/mol. The summed E-state index contributed by atoms with van der Waals surface area (Å²) >= 11 is 5.92. The minimum absolute atomic E-state index is 0.0448. The molecule has 2 aromatic rings. The summed E-state index contributed by atoms with van der Waals surface area (Å²) in [4.78, 5) is 25.6. The molecule has 1 aliphatic rings. The van der Waals surface area contributed by atoms with Gasteiger partial charge < -0.3 is 5.32 Å². The van der Waals surface area contributed by atoms with Crippen LogP contribution >= 0.6 is 11.6 Å². The molecule has 1 saturated heterocycles. The number of hydrogen-bond donors (Lipinski definition) is 1. The number of carbonyl (C=O) groups is 2. The van der Waals surface area contributed by atoms with Crippen molar-refractivity contribution in [2.24, 2.45) is 0 Å². The van der Waals surface area contributed by atoms with Gasteiger partial charge in [-0.05, 0) is 37.3 Å². The van der Waals surface area contributed by atoms with E-state index in [1.807, 2.05) is 0 Å². The van der Waals surface area contributed by atoms with E-state index < -0.39 is 41.5 Å². The summed E-state index contributed by atoms with van der Waals surface area (Å²) < 4.78 is 41.5. The van der Waals surface area contributed by atoms with Crippen LogP contribution in [0, 0.1) is 17.5 Å². The Morgan fingerprint density at radius 2 is 1.84 bits per heavy atom. The van der Waals surface area contributed by atoms with Gasteiger partial charge in [0, 0.05) is 16.1 Å².